The molecule has 4 nitrogen and oxygen atoms in total. The van der Waals surface area contributed by atoms with Gasteiger partial charge in [0.15, 0.2) is 0 Å². The predicted octanol–water partition coefficient (Wildman–Crippen LogP) is 4.93. The number of thiophene rings is 1. The quantitative estimate of drug-likeness (QED) is 0.453. The molecule has 30 heavy (non-hydrogen) atoms. The summed E-state index contributed by atoms with van der Waals surface area (Å²) >= 11 is 7.67. The van der Waals surface area contributed by atoms with Gasteiger partial charge in [-0.15, -0.1) is 11.3 Å². The molecule has 7 heteroatoms. The largest absolute Gasteiger partial charge is 0.337 e. The van der Waals surface area contributed by atoms with Gasteiger partial charge in [0.05, 0.1) is 17.6 Å². The van der Waals surface area contributed by atoms with Gasteiger partial charge >= 0.3 is 5.69 Å². The predicted molar refractivity (Wildman–Crippen MR) is 119 cm³/mol. The fourth-order valence-corrected chi connectivity index (χ4v) is 5.68. The molecule has 0 saturated carbocycles. The molecule has 4 aromatic rings. The number of benzene rings is 2. The molecule has 0 amide bonds. The average Bonchev–Trinajstić information content (AvgIpc) is 3.12. The van der Waals surface area contributed by atoms with Crippen LogP contribution >= 0.6 is 22.9 Å². The zero-order valence-electron chi connectivity index (χ0n) is 16.0. The van der Waals surface area contributed by atoms with Crippen LogP contribution in [0.4, 0.5) is 4.39 Å². The van der Waals surface area contributed by atoms with E-state index in [0.717, 1.165) is 36.8 Å². The van der Waals surface area contributed by atoms with Crippen molar-refractivity contribution >= 4 is 33.2 Å². The Bertz CT molecular complexity index is 1390. The Morgan fingerprint density at radius 2 is 1.80 bits per heavy atom. The number of aryl methyl sites for hydroxylation is 2. The number of rotatable bonds is 3. The van der Waals surface area contributed by atoms with Gasteiger partial charge in [-0.25, -0.2) is 13.8 Å². The zero-order valence-corrected chi connectivity index (χ0v) is 17.6. The Morgan fingerprint density at radius 3 is 2.57 bits per heavy atom. The second-order valence-electron chi connectivity index (χ2n) is 7.51. The topological polar surface area (TPSA) is 44.0 Å². The van der Waals surface area contributed by atoms with E-state index in [9.17, 15) is 14.0 Å². The third-order valence-corrected chi connectivity index (χ3v) is 7.11. The smallest absolute Gasteiger partial charge is 0.280 e. The maximum absolute atomic E-state index is 13.5. The molecule has 1 aliphatic carbocycles. The first-order chi connectivity index (χ1) is 14.5. The van der Waals surface area contributed by atoms with E-state index in [0.29, 0.717) is 20.9 Å². The Hall–Kier alpha value is -2.70. The van der Waals surface area contributed by atoms with Gasteiger partial charge in [-0.05, 0) is 67.1 Å². The summed E-state index contributed by atoms with van der Waals surface area (Å²) in [6.07, 6.45) is 3.89. The van der Waals surface area contributed by atoms with Crippen molar-refractivity contribution in [1.82, 2.24) is 9.13 Å². The number of hydrogen-bond acceptors (Lipinski definition) is 3. The highest BCUT2D eigenvalue weighted by molar-refractivity contribution is 7.18. The first kappa shape index (κ1) is 19.3. The molecule has 0 spiro atoms. The van der Waals surface area contributed by atoms with Crippen molar-refractivity contribution in [3.8, 4) is 5.69 Å². The highest BCUT2D eigenvalue weighted by Gasteiger charge is 2.24. The molecule has 0 atom stereocenters. The first-order valence-corrected chi connectivity index (χ1v) is 11.0. The average molecular weight is 441 g/mol. The van der Waals surface area contributed by atoms with Gasteiger partial charge < -0.3 is 0 Å². The van der Waals surface area contributed by atoms with Crippen LogP contribution < -0.4 is 11.2 Å². The van der Waals surface area contributed by atoms with Crippen LogP contribution in [0.15, 0.2) is 58.1 Å². The van der Waals surface area contributed by atoms with Crippen molar-refractivity contribution in [2.45, 2.75) is 32.2 Å². The van der Waals surface area contributed by atoms with E-state index >= 15 is 0 Å². The highest BCUT2D eigenvalue weighted by Crippen LogP contribution is 2.34. The molecule has 0 N–H and O–H groups in total. The monoisotopic (exact) mass is 440 g/mol. The summed E-state index contributed by atoms with van der Waals surface area (Å²) in [6.45, 7) is 0.260. The van der Waals surface area contributed by atoms with E-state index in [2.05, 4.69) is 0 Å². The van der Waals surface area contributed by atoms with Gasteiger partial charge in [-0.3, -0.25) is 9.36 Å². The SMILES string of the molecule is O=c1c2c3c(sc2n(Cc2ccc(F)cc2)c(=O)n1-c1cccc(Cl)c1)CCCC3. The summed E-state index contributed by atoms with van der Waals surface area (Å²) in [4.78, 5) is 28.9. The van der Waals surface area contributed by atoms with Gasteiger partial charge in [0.2, 0.25) is 0 Å². The maximum Gasteiger partial charge on any atom is 0.337 e. The minimum absolute atomic E-state index is 0.260. The van der Waals surface area contributed by atoms with E-state index in [1.54, 1.807) is 41.0 Å². The van der Waals surface area contributed by atoms with Crippen molar-refractivity contribution in [2.24, 2.45) is 0 Å². The molecule has 2 heterocycles. The summed E-state index contributed by atoms with van der Waals surface area (Å²) < 4.78 is 16.2. The van der Waals surface area contributed by atoms with Crippen LogP contribution in [0.3, 0.4) is 0 Å². The lowest BCUT2D eigenvalue weighted by molar-refractivity contribution is 0.626. The summed E-state index contributed by atoms with van der Waals surface area (Å²) in [5.74, 6) is -0.327. The van der Waals surface area contributed by atoms with Gasteiger partial charge in [0.25, 0.3) is 5.56 Å². The molecule has 0 fully saturated rings. The zero-order chi connectivity index (χ0) is 20.8. The summed E-state index contributed by atoms with van der Waals surface area (Å²) in [7, 11) is 0. The molecule has 5 rings (SSSR count). The van der Waals surface area contributed by atoms with Gasteiger partial charge in [-0.2, -0.15) is 0 Å². The maximum atomic E-state index is 13.5. The fraction of sp³-hybridized carbons (Fsp3) is 0.217. The lowest BCUT2D eigenvalue weighted by Crippen LogP contribution is -2.39. The second kappa shape index (κ2) is 7.52. The number of halogens is 2. The third-order valence-electron chi connectivity index (χ3n) is 5.56. The van der Waals surface area contributed by atoms with E-state index in [1.807, 2.05) is 0 Å². The van der Waals surface area contributed by atoms with Crippen LogP contribution in [0.1, 0.15) is 28.8 Å². The Kier molecular flexibility index (Phi) is 4.83. The van der Waals surface area contributed by atoms with E-state index < -0.39 is 5.69 Å². The number of fused-ring (bicyclic) bond motifs is 3. The number of hydrogen-bond donors (Lipinski definition) is 0. The molecule has 1 aliphatic rings. The van der Waals surface area contributed by atoms with Gasteiger partial charge in [-0.1, -0.05) is 29.8 Å². The molecule has 0 aliphatic heterocycles. The van der Waals surface area contributed by atoms with Crippen molar-refractivity contribution in [1.29, 1.82) is 0 Å². The molecular formula is C23H18ClFN2O2S. The molecule has 0 unspecified atom stereocenters. The molecule has 0 saturated heterocycles. The number of aromatic nitrogens is 2. The standard InChI is InChI=1S/C23H18ClFN2O2S/c24-15-4-3-5-17(12-15)27-21(28)20-18-6-1-2-7-19(18)30-22(20)26(23(27)29)13-14-8-10-16(25)11-9-14/h3-5,8-12H,1-2,6-7,13H2. The fourth-order valence-electron chi connectivity index (χ4n) is 4.12. The highest BCUT2D eigenvalue weighted by atomic mass is 35.5. The summed E-state index contributed by atoms with van der Waals surface area (Å²) in [5.41, 5.74) is 1.59. The summed E-state index contributed by atoms with van der Waals surface area (Å²) in [5, 5.41) is 1.08. The van der Waals surface area contributed by atoms with Crippen molar-refractivity contribution in [3.63, 3.8) is 0 Å². The molecular weight excluding hydrogens is 423 g/mol. The molecule has 2 aromatic carbocycles. The first-order valence-electron chi connectivity index (χ1n) is 9.83. The van der Waals surface area contributed by atoms with Crippen LogP contribution in [0.5, 0.6) is 0 Å². The third kappa shape index (κ3) is 3.20. The van der Waals surface area contributed by atoms with Crippen LogP contribution in [-0.4, -0.2) is 9.13 Å². The lowest BCUT2D eigenvalue weighted by Gasteiger charge is -2.14. The minimum atomic E-state index is -0.419. The lowest BCUT2D eigenvalue weighted by atomic mass is 9.97. The molecule has 152 valence electrons. The normalized spacial score (nSPS) is 13.5. The van der Waals surface area contributed by atoms with Crippen LogP contribution in [0.2, 0.25) is 5.02 Å². The second-order valence-corrected chi connectivity index (χ2v) is 9.03. The Balaban J connectivity index is 1.83. The van der Waals surface area contributed by atoms with E-state index in [4.69, 9.17) is 11.6 Å². The minimum Gasteiger partial charge on any atom is -0.280 e. The summed E-state index contributed by atoms with van der Waals surface area (Å²) in [6, 6.07) is 12.8. The van der Waals surface area contributed by atoms with Gasteiger partial charge in [0.1, 0.15) is 10.6 Å². The number of nitrogens with zero attached hydrogens (tertiary/aromatic N) is 2. The van der Waals surface area contributed by atoms with Crippen molar-refractivity contribution in [3.05, 3.63) is 96.2 Å². The Labute approximate surface area is 180 Å². The van der Waals surface area contributed by atoms with Crippen LogP contribution in [0, 0.1) is 5.82 Å². The molecule has 2 aromatic heterocycles. The Morgan fingerprint density at radius 1 is 1.03 bits per heavy atom. The van der Waals surface area contributed by atoms with E-state index in [1.165, 1.54) is 32.9 Å². The molecule has 0 radical (unpaired) electrons. The van der Waals surface area contributed by atoms with Crippen molar-refractivity contribution in [2.75, 3.05) is 0 Å². The van der Waals surface area contributed by atoms with Crippen molar-refractivity contribution < 1.29 is 4.39 Å². The molecule has 0 bridgehead atoms. The van der Waals surface area contributed by atoms with Crippen LogP contribution in [-0.2, 0) is 19.4 Å². The van der Waals surface area contributed by atoms with E-state index in [-0.39, 0.29) is 17.9 Å². The van der Waals surface area contributed by atoms with Gasteiger partial charge in [0, 0.05) is 9.90 Å². The van der Waals surface area contributed by atoms with Crippen LogP contribution in [0.25, 0.3) is 15.9 Å².